The smallest absolute Gasteiger partial charge is 0.273 e. The molecule has 152 valence electrons. The van der Waals surface area contributed by atoms with E-state index in [1.54, 1.807) is 30.5 Å². The van der Waals surface area contributed by atoms with Crippen LogP contribution in [0.4, 0.5) is 10.1 Å². The van der Waals surface area contributed by atoms with Crippen LogP contribution in [-0.4, -0.2) is 18.0 Å². The molecule has 0 atom stereocenters. The maximum Gasteiger partial charge on any atom is 0.273 e. The highest BCUT2D eigenvalue weighted by atomic mass is 19.1. The minimum atomic E-state index is -0.466. The monoisotopic (exact) mass is 411 g/mol. The SMILES string of the molecule is O=C(Nc1ccccc1C(=O)NN=Cc1cccc2ccccc12)c1ccc(F)cc1. The molecule has 0 aromatic heterocycles. The van der Waals surface area contributed by atoms with Crippen LogP contribution in [0.25, 0.3) is 10.8 Å². The van der Waals surface area contributed by atoms with Gasteiger partial charge in [-0.25, -0.2) is 9.82 Å². The van der Waals surface area contributed by atoms with Crippen molar-refractivity contribution in [2.75, 3.05) is 5.32 Å². The Morgan fingerprint density at radius 3 is 2.32 bits per heavy atom. The van der Waals surface area contributed by atoms with Crippen LogP contribution in [0.3, 0.4) is 0 Å². The summed E-state index contributed by atoms with van der Waals surface area (Å²) >= 11 is 0. The summed E-state index contributed by atoms with van der Waals surface area (Å²) < 4.78 is 13.1. The number of fused-ring (bicyclic) bond motifs is 1. The van der Waals surface area contributed by atoms with Crippen LogP contribution >= 0.6 is 0 Å². The van der Waals surface area contributed by atoms with Gasteiger partial charge in [-0.1, -0.05) is 54.6 Å². The molecule has 31 heavy (non-hydrogen) atoms. The van der Waals surface area contributed by atoms with Crippen LogP contribution in [0.5, 0.6) is 0 Å². The number of hydrogen-bond donors (Lipinski definition) is 2. The number of nitrogens with one attached hydrogen (secondary N) is 2. The normalized spacial score (nSPS) is 10.9. The van der Waals surface area contributed by atoms with Gasteiger partial charge in [0, 0.05) is 11.1 Å². The fraction of sp³-hybridized carbons (Fsp3) is 0. The van der Waals surface area contributed by atoms with Crippen LogP contribution in [0.2, 0.25) is 0 Å². The van der Waals surface area contributed by atoms with Crippen molar-refractivity contribution in [3.05, 3.63) is 114 Å². The second kappa shape index (κ2) is 9.00. The van der Waals surface area contributed by atoms with Crippen molar-refractivity contribution in [1.82, 2.24) is 5.43 Å². The summed E-state index contributed by atoms with van der Waals surface area (Å²) in [7, 11) is 0. The maximum absolute atomic E-state index is 13.1. The molecule has 0 saturated carbocycles. The van der Waals surface area contributed by atoms with Gasteiger partial charge in [0.25, 0.3) is 11.8 Å². The minimum Gasteiger partial charge on any atom is -0.321 e. The van der Waals surface area contributed by atoms with Gasteiger partial charge in [0.15, 0.2) is 0 Å². The first-order valence-electron chi connectivity index (χ1n) is 9.59. The molecule has 2 N–H and O–H groups in total. The highest BCUT2D eigenvalue weighted by Gasteiger charge is 2.14. The molecule has 2 amide bonds. The van der Waals surface area contributed by atoms with E-state index in [9.17, 15) is 14.0 Å². The van der Waals surface area contributed by atoms with Crippen molar-refractivity contribution in [2.24, 2.45) is 5.10 Å². The van der Waals surface area contributed by atoms with E-state index in [4.69, 9.17) is 0 Å². The topological polar surface area (TPSA) is 70.6 Å². The number of hydrazone groups is 1. The van der Waals surface area contributed by atoms with Gasteiger partial charge in [-0.2, -0.15) is 5.10 Å². The second-order valence-corrected chi connectivity index (χ2v) is 6.77. The first-order valence-corrected chi connectivity index (χ1v) is 9.59. The van der Waals surface area contributed by atoms with Crippen LogP contribution in [0.15, 0.2) is 96.1 Å². The van der Waals surface area contributed by atoms with E-state index in [-0.39, 0.29) is 11.1 Å². The highest BCUT2D eigenvalue weighted by Crippen LogP contribution is 2.18. The van der Waals surface area contributed by atoms with Crippen LogP contribution in [0, 0.1) is 5.82 Å². The molecule has 4 rings (SSSR count). The Labute approximate surface area is 178 Å². The first-order chi connectivity index (χ1) is 15.1. The van der Waals surface area contributed by atoms with Gasteiger partial charge in [-0.15, -0.1) is 0 Å². The van der Waals surface area contributed by atoms with Crippen LogP contribution in [0.1, 0.15) is 26.3 Å². The average molecular weight is 411 g/mol. The summed E-state index contributed by atoms with van der Waals surface area (Å²) in [5.74, 6) is -1.34. The third kappa shape index (κ3) is 4.64. The Bertz CT molecular complexity index is 1280. The number of nitrogens with zero attached hydrogens (tertiary/aromatic N) is 1. The number of rotatable bonds is 5. The molecule has 0 spiro atoms. The van der Waals surface area contributed by atoms with Gasteiger partial charge in [0.2, 0.25) is 0 Å². The molecule has 0 heterocycles. The number of halogens is 1. The predicted molar refractivity (Wildman–Crippen MR) is 120 cm³/mol. The molecule has 0 radical (unpaired) electrons. The van der Waals surface area contributed by atoms with Gasteiger partial charge < -0.3 is 5.32 Å². The Morgan fingerprint density at radius 2 is 1.48 bits per heavy atom. The van der Waals surface area contributed by atoms with E-state index < -0.39 is 17.6 Å². The third-order valence-corrected chi connectivity index (χ3v) is 4.72. The van der Waals surface area contributed by atoms with Crippen LogP contribution in [-0.2, 0) is 0 Å². The van der Waals surface area contributed by atoms with E-state index in [2.05, 4.69) is 15.8 Å². The van der Waals surface area contributed by atoms with Gasteiger partial charge >= 0.3 is 0 Å². The fourth-order valence-corrected chi connectivity index (χ4v) is 3.17. The molecule has 0 fully saturated rings. The number of carbonyl (C=O) groups is 2. The zero-order valence-electron chi connectivity index (χ0n) is 16.4. The number of para-hydroxylation sites is 1. The highest BCUT2D eigenvalue weighted by molar-refractivity contribution is 6.09. The molecule has 0 saturated heterocycles. The molecule has 4 aromatic rings. The molecular formula is C25H18FN3O2. The summed E-state index contributed by atoms with van der Waals surface area (Å²) in [5.41, 5.74) is 4.24. The minimum absolute atomic E-state index is 0.257. The van der Waals surface area contributed by atoms with E-state index >= 15 is 0 Å². The number of hydrogen-bond acceptors (Lipinski definition) is 3. The van der Waals surface area contributed by atoms with Gasteiger partial charge in [-0.3, -0.25) is 9.59 Å². The van der Waals surface area contributed by atoms with Crippen molar-refractivity contribution >= 4 is 34.5 Å². The molecule has 6 heteroatoms. The predicted octanol–water partition coefficient (Wildman–Crippen LogP) is 5.00. The zero-order chi connectivity index (χ0) is 21.6. The van der Waals surface area contributed by atoms with E-state index in [0.29, 0.717) is 5.69 Å². The van der Waals surface area contributed by atoms with Crippen LogP contribution < -0.4 is 10.7 Å². The summed E-state index contributed by atoms with van der Waals surface area (Å²) in [5, 5.41) is 8.86. The zero-order valence-corrected chi connectivity index (χ0v) is 16.4. The van der Waals surface area contributed by atoms with Gasteiger partial charge in [0.1, 0.15) is 5.82 Å². The molecular weight excluding hydrogens is 393 g/mol. The standard InChI is InChI=1S/C25H18FN3O2/c26-20-14-12-18(13-15-20)24(30)28-23-11-4-3-10-22(23)25(31)29-27-16-19-8-5-7-17-6-1-2-9-21(17)19/h1-16H,(H,28,30)(H,29,31). The van der Waals surface area contributed by atoms with Gasteiger partial charge in [0.05, 0.1) is 17.5 Å². The maximum atomic E-state index is 13.1. The number of amides is 2. The lowest BCUT2D eigenvalue weighted by atomic mass is 10.1. The summed E-state index contributed by atoms with van der Waals surface area (Å²) in [6, 6.07) is 25.5. The van der Waals surface area contributed by atoms with Crippen molar-refractivity contribution in [3.8, 4) is 0 Å². The Balaban J connectivity index is 1.49. The summed E-state index contributed by atoms with van der Waals surface area (Å²) in [6.07, 6.45) is 1.58. The molecule has 5 nitrogen and oxygen atoms in total. The third-order valence-electron chi connectivity index (χ3n) is 4.72. The van der Waals surface area contributed by atoms with Crippen molar-refractivity contribution < 1.29 is 14.0 Å². The summed E-state index contributed by atoms with van der Waals surface area (Å²) in [6.45, 7) is 0. The van der Waals surface area contributed by atoms with E-state index in [1.165, 1.54) is 24.3 Å². The molecule has 4 aromatic carbocycles. The summed E-state index contributed by atoms with van der Waals surface area (Å²) in [4.78, 5) is 25.1. The Morgan fingerprint density at radius 1 is 0.774 bits per heavy atom. The lowest BCUT2D eigenvalue weighted by Crippen LogP contribution is -2.21. The number of carbonyl (C=O) groups excluding carboxylic acids is 2. The Kier molecular flexibility index (Phi) is 5.80. The second-order valence-electron chi connectivity index (χ2n) is 6.77. The fourth-order valence-electron chi connectivity index (χ4n) is 3.17. The quantitative estimate of drug-likeness (QED) is 0.359. The number of anilines is 1. The molecule has 0 bridgehead atoms. The van der Waals surface area contributed by atoms with Crippen molar-refractivity contribution in [2.45, 2.75) is 0 Å². The average Bonchev–Trinajstić information content (AvgIpc) is 2.80. The lowest BCUT2D eigenvalue weighted by Gasteiger charge is -2.10. The first kappa shape index (κ1) is 20.0. The molecule has 0 aliphatic heterocycles. The Hall–Kier alpha value is -4.32. The number of benzene rings is 4. The molecule has 0 aliphatic carbocycles. The van der Waals surface area contributed by atoms with Crippen molar-refractivity contribution in [1.29, 1.82) is 0 Å². The lowest BCUT2D eigenvalue weighted by molar-refractivity contribution is 0.0956. The van der Waals surface area contributed by atoms with Gasteiger partial charge in [-0.05, 0) is 47.2 Å². The molecule has 0 aliphatic rings. The van der Waals surface area contributed by atoms with Crippen molar-refractivity contribution in [3.63, 3.8) is 0 Å². The molecule has 0 unspecified atom stereocenters. The van der Waals surface area contributed by atoms with E-state index in [0.717, 1.165) is 16.3 Å². The largest absolute Gasteiger partial charge is 0.321 e. The van der Waals surface area contributed by atoms with E-state index in [1.807, 2.05) is 42.5 Å².